The lowest BCUT2D eigenvalue weighted by Crippen LogP contribution is -2.23. The molecule has 4 aromatic rings. The van der Waals surface area contributed by atoms with Crippen LogP contribution in [0.15, 0.2) is 59.8 Å². The second-order valence-electron chi connectivity index (χ2n) is 4.92. The number of rotatable bonds is 2. The summed E-state index contributed by atoms with van der Waals surface area (Å²) in [6.45, 7) is 0.437. The van der Waals surface area contributed by atoms with Gasteiger partial charge in [0.05, 0.1) is 12.7 Å². The standard InChI is InChI=1S/C16H12N4O/c21-16-15-13(12-3-1-2-4-14(12)19-15)9-18-20(16)10-11-5-7-17-8-6-11/h1-9,19H,10H2. The molecular weight excluding hydrogens is 264 g/mol. The summed E-state index contributed by atoms with van der Waals surface area (Å²) >= 11 is 0. The Morgan fingerprint density at radius 3 is 2.71 bits per heavy atom. The van der Waals surface area contributed by atoms with Gasteiger partial charge in [0.2, 0.25) is 0 Å². The first-order chi connectivity index (χ1) is 10.3. The molecule has 0 radical (unpaired) electrons. The zero-order valence-electron chi connectivity index (χ0n) is 11.2. The molecule has 5 nitrogen and oxygen atoms in total. The summed E-state index contributed by atoms with van der Waals surface area (Å²) in [6.07, 6.45) is 5.17. The fourth-order valence-electron chi connectivity index (χ4n) is 2.55. The third kappa shape index (κ3) is 1.90. The molecule has 21 heavy (non-hydrogen) atoms. The van der Waals surface area contributed by atoms with Gasteiger partial charge in [-0.05, 0) is 23.8 Å². The first-order valence-corrected chi connectivity index (χ1v) is 6.68. The van der Waals surface area contributed by atoms with E-state index in [-0.39, 0.29) is 5.56 Å². The highest BCUT2D eigenvalue weighted by Crippen LogP contribution is 2.21. The molecule has 0 aliphatic carbocycles. The molecule has 0 unspecified atom stereocenters. The van der Waals surface area contributed by atoms with Crippen LogP contribution in [0, 0.1) is 0 Å². The van der Waals surface area contributed by atoms with Gasteiger partial charge in [-0.15, -0.1) is 0 Å². The number of hydrogen-bond acceptors (Lipinski definition) is 3. The molecule has 0 atom stereocenters. The average molecular weight is 276 g/mol. The molecule has 1 N–H and O–H groups in total. The van der Waals surface area contributed by atoms with Crippen molar-refractivity contribution in [1.82, 2.24) is 19.7 Å². The molecule has 0 amide bonds. The Morgan fingerprint density at radius 2 is 1.86 bits per heavy atom. The lowest BCUT2D eigenvalue weighted by molar-refractivity contribution is 0.646. The van der Waals surface area contributed by atoms with E-state index in [2.05, 4.69) is 15.1 Å². The minimum atomic E-state index is -0.111. The quantitative estimate of drug-likeness (QED) is 0.611. The number of H-pyrrole nitrogens is 1. The maximum Gasteiger partial charge on any atom is 0.291 e. The number of aromatic nitrogens is 4. The number of para-hydroxylation sites is 1. The molecule has 0 aliphatic rings. The molecule has 0 bridgehead atoms. The summed E-state index contributed by atoms with van der Waals surface area (Å²) in [7, 11) is 0. The van der Waals surface area contributed by atoms with Gasteiger partial charge in [-0.25, -0.2) is 4.68 Å². The smallest absolute Gasteiger partial charge is 0.291 e. The summed E-state index contributed by atoms with van der Waals surface area (Å²) in [5.41, 5.74) is 2.43. The predicted octanol–water partition coefficient (Wildman–Crippen LogP) is 2.32. The summed E-state index contributed by atoms with van der Waals surface area (Å²) in [4.78, 5) is 19.7. The van der Waals surface area contributed by atoms with Crippen LogP contribution in [-0.2, 0) is 6.54 Å². The lowest BCUT2D eigenvalue weighted by atomic mass is 10.2. The molecule has 102 valence electrons. The van der Waals surface area contributed by atoms with Crippen LogP contribution in [0.25, 0.3) is 21.8 Å². The fraction of sp³-hybridized carbons (Fsp3) is 0.0625. The highest BCUT2D eigenvalue weighted by molar-refractivity contribution is 6.06. The number of nitrogens with zero attached hydrogens (tertiary/aromatic N) is 3. The van der Waals surface area contributed by atoms with Gasteiger partial charge in [-0.3, -0.25) is 9.78 Å². The van der Waals surface area contributed by atoms with Crippen LogP contribution < -0.4 is 5.56 Å². The summed E-state index contributed by atoms with van der Waals surface area (Å²) in [5, 5.41) is 6.17. The highest BCUT2D eigenvalue weighted by Gasteiger charge is 2.10. The molecule has 0 fully saturated rings. The maximum absolute atomic E-state index is 12.6. The number of aromatic amines is 1. The van der Waals surface area contributed by atoms with Crippen molar-refractivity contribution in [3.05, 3.63) is 70.9 Å². The van der Waals surface area contributed by atoms with E-state index in [1.807, 2.05) is 36.4 Å². The van der Waals surface area contributed by atoms with Crippen LogP contribution in [0.1, 0.15) is 5.56 Å². The summed E-state index contributed by atoms with van der Waals surface area (Å²) in [5.74, 6) is 0. The van der Waals surface area contributed by atoms with Gasteiger partial charge in [0.15, 0.2) is 0 Å². The molecule has 0 aliphatic heterocycles. The Morgan fingerprint density at radius 1 is 1.05 bits per heavy atom. The van der Waals surface area contributed by atoms with Crippen molar-refractivity contribution in [2.24, 2.45) is 0 Å². The number of fused-ring (bicyclic) bond motifs is 3. The van der Waals surface area contributed by atoms with Gasteiger partial charge in [-0.1, -0.05) is 18.2 Å². The van der Waals surface area contributed by atoms with Gasteiger partial charge in [0, 0.05) is 28.7 Å². The van der Waals surface area contributed by atoms with Gasteiger partial charge >= 0.3 is 0 Å². The molecule has 0 spiro atoms. The predicted molar refractivity (Wildman–Crippen MR) is 81.2 cm³/mol. The van der Waals surface area contributed by atoms with E-state index in [4.69, 9.17) is 0 Å². The highest BCUT2D eigenvalue weighted by atomic mass is 16.1. The van der Waals surface area contributed by atoms with Crippen LogP contribution in [0.4, 0.5) is 0 Å². The van der Waals surface area contributed by atoms with E-state index in [9.17, 15) is 4.79 Å². The van der Waals surface area contributed by atoms with Crippen molar-refractivity contribution in [3.63, 3.8) is 0 Å². The van der Waals surface area contributed by atoms with E-state index in [0.29, 0.717) is 12.1 Å². The van der Waals surface area contributed by atoms with Crippen molar-refractivity contribution in [2.45, 2.75) is 6.54 Å². The Balaban J connectivity index is 1.90. The molecular formula is C16H12N4O. The van der Waals surface area contributed by atoms with E-state index in [1.165, 1.54) is 4.68 Å². The monoisotopic (exact) mass is 276 g/mol. The normalized spacial score (nSPS) is 11.2. The third-order valence-corrected chi connectivity index (χ3v) is 3.60. The van der Waals surface area contributed by atoms with Crippen LogP contribution in [0.5, 0.6) is 0 Å². The minimum absolute atomic E-state index is 0.111. The van der Waals surface area contributed by atoms with Crippen molar-refractivity contribution in [3.8, 4) is 0 Å². The zero-order valence-corrected chi connectivity index (χ0v) is 11.2. The Hall–Kier alpha value is -2.95. The van der Waals surface area contributed by atoms with Crippen LogP contribution in [0.2, 0.25) is 0 Å². The Kier molecular flexibility index (Phi) is 2.57. The van der Waals surface area contributed by atoms with Crippen molar-refractivity contribution in [1.29, 1.82) is 0 Å². The topological polar surface area (TPSA) is 63.6 Å². The average Bonchev–Trinajstić information content (AvgIpc) is 2.91. The van der Waals surface area contributed by atoms with Crippen molar-refractivity contribution < 1.29 is 0 Å². The van der Waals surface area contributed by atoms with Gasteiger partial charge in [-0.2, -0.15) is 5.10 Å². The van der Waals surface area contributed by atoms with E-state index < -0.39 is 0 Å². The Bertz CT molecular complexity index is 985. The lowest BCUT2D eigenvalue weighted by Gasteiger charge is -2.04. The second-order valence-corrected chi connectivity index (χ2v) is 4.92. The van der Waals surface area contributed by atoms with E-state index in [1.54, 1.807) is 18.6 Å². The number of hydrogen-bond donors (Lipinski definition) is 1. The van der Waals surface area contributed by atoms with Gasteiger partial charge in [0.1, 0.15) is 5.52 Å². The van der Waals surface area contributed by atoms with E-state index >= 15 is 0 Å². The van der Waals surface area contributed by atoms with E-state index in [0.717, 1.165) is 21.9 Å². The van der Waals surface area contributed by atoms with Crippen LogP contribution in [0.3, 0.4) is 0 Å². The molecule has 4 rings (SSSR count). The van der Waals surface area contributed by atoms with Crippen molar-refractivity contribution >= 4 is 21.8 Å². The fourth-order valence-corrected chi connectivity index (χ4v) is 2.55. The number of pyridine rings is 1. The minimum Gasteiger partial charge on any atom is -0.350 e. The molecule has 0 saturated carbocycles. The summed E-state index contributed by atoms with van der Waals surface area (Å²) < 4.78 is 1.47. The largest absolute Gasteiger partial charge is 0.350 e. The second kappa shape index (κ2) is 4.56. The van der Waals surface area contributed by atoms with Gasteiger partial charge < -0.3 is 4.98 Å². The summed E-state index contributed by atoms with van der Waals surface area (Å²) in [6, 6.07) is 11.6. The number of nitrogens with one attached hydrogen (secondary N) is 1. The Labute approximate surface area is 119 Å². The first kappa shape index (κ1) is 11.8. The zero-order chi connectivity index (χ0) is 14.2. The molecule has 1 aromatic carbocycles. The SMILES string of the molecule is O=c1c2[nH]c3ccccc3c2cnn1Cc1ccncc1. The van der Waals surface area contributed by atoms with Gasteiger partial charge in [0.25, 0.3) is 5.56 Å². The van der Waals surface area contributed by atoms with Crippen LogP contribution >= 0.6 is 0 Å². The molecule has 0 saturated heterocycles. The number of benzene rings is 1. The van der Waals surface area contributed by atoms with Crippen LogP contribution in [-0.4, -0.2) is 19.7 Å². The maximum atomic E-state index is 12.6. The van der Waals surface area contributed by atoms with Crippen molar-refractivity contribution in [2.75, 3.05) is 0 Å². The third-order valence-electron chi connectivity index (χ3n) is 3.60. The molecule has 3 heterocycles. The molecule has 5 heteroatoms. The first-order valence-electron chi connectivity index (χ1n) is 6.68. The molecule has 3 aromatic heterocycles.